The van der Waals surface area contributed by atoms with Crippen LogP contribution in [0, 0.1) is 12.8 Å². The van der Waals surface area contributed by atoms with Crippen LogP contribution in [0.3, 0.4) is 0 Å². The minimum absolute atomic E-state index is 0.266. The average Bonchev–Trinajstić information content (AvgIpc) is 2.94. The topological polar surface area (TPSA) is 76.3 Å². The summed E-state index contributed by atoms with van der Waals surface area (Å²) in [6.07, 6.45) is 5.35. The third-order valence-electron chi connectivity index (χ3n) is 5.50. The van der Waals surface area contributed by atoms with E-state index in [1.807, 2.05) is 6.92 Å². The monoisotopic (exact) mass is 337 g/mol. The van der Waals surface area contributed by atoms with E-state index in [4.69, 9.17) is 22.1 Å². The highest BCUT2D eigenvalue weighted by Gasteiger charge is 2.56. The third-order valence-corrected chi connectivity index (χ3v) is 5.95. The molecule has 0 bridgehead atoms. The molecule has 2 saturated heterocycles. The zero-order valence-electron chi connectivity index (χ0n) is 13.5. The second kappa shape index (κ2) is 6.07. The van der Waals surface area contributed by atoms with Gasteiger partial charge in [0.1, 0.15) is 5.02 Å². The number of likely N-dealkylation sites (tertiary alicyclic amines) is 1. The molecule has 0 amide bonds. The first-order chi connectivity index (χ1) is 11.1. The number of piperidine rings is 1. The lowest BCUT2D eigenvalue weighted by Crippen LogP contribution is -2.68. The van der Waals surface area contributed by atoms with E-state index in [0.29, 0.717) is 34.9 Å². The Morgan fingerprint density at radius 2 is 2.04 bits per heavy atom. The first kappa shape index (κ1) is 15.4. The molecule has 126 valence electrons. The van der Waals surface area contributed by atoms with Gasteiger partial charge < -0.3 is 15.8 Å². The maximum atomic E-state index is 6.38. The maximum absolute atomic E-state index is 6.38. The minimum Gasteiger partial charge on any atom is -0.376 e. The summed E-state index contributed by atoms with van der Waals surface area (Å²) in [5.74, 6) is 1.46. The fourth-order valence-corrected chi connectivity index (χ4v) is 4.49. The minimum atomic E-state index is 0.266. The molecule has 0 radical (unpaired) electrons. The largest absolute Gasteiger partial charge is 0.376 e. The van der Waals surface area contributed by atoms with Crippen molar-refractivity contribution in [1.82, 2.24) is 14.9 Å². The molecule has 3 heterocycles. The smallest absolute Gasteiger partial charge is 0.222 e. The third kappa shape index (κ3) is 2.66. The Morgan fingerprint density at radius 1 is 1.26 bits per heavy atom. The number of nitrogens with one attached hydrogen (secondary N) is 1. The zero-order valence-corrected chi connectivity index (χ0v) is 14.2. The van der Waals surface area contributed by atoms with E-state index in [2.05, 4.69) is 20.2 Å². The Hall–Kier alpha value is -1.11. The fraction of sp³-hybridized carbons (Fsp3) is 0.750. The maximum Gasteiger partial charge on any atom is 0.222 e. The van der Waals surface area contributed by atoms with Gasteiger partial charge in [0.05, 0.1) is 23.9 Å². The number of nitrogens with zero attached hydrogens (tertiary/aromatic N) is 3. The van der Waals surface area contributed by atoms with Gasteiger partial charge >= 0.3 is 0 Å². The molecule has 1 aromatic rings. The number of rotatable bonds is 3. The first-order valence-corrected chi connectivity index (χ1v) is 8.95. The van der Waals surface area contributed by atoms with E-state index in [1.165, 1.54) is 19.3 Å². The molecule has 3 aliphatic rings. The van der Waals surface area contributed by atoms with Crippen LogP contribution in [0.1, 0.15) is 31.4 Å². The van der Waals surface area contributed by atoms with Crippen molar-refractivity contribution in [3.63, 3.8) is 0 Å². The van der Waals surface area contributed by atoms with E-state index >= 15 is 0 Å². The van der Waals surface area contributed by atoms with Crippen LogP contribution in [0.5, 0.6) is 0 Å². The summed E-state index contributed by atoms with van der Waals surface area (Å²) in [5, 5.41) is 4.13. The highest BCUT2D eigenvalue weighted by Crippen LogP contribution is 2.44. The van der Waals surface area contributed by atoms with Crippen LogP contribution in [-0.4, -0.2) is 52.8 Å². The molecule has 0 aromatic carbocycles. The van der Waals surface area contributed by atoms with E-state index in [1.54, 1.807) is 0 Å². The number of aromatic nitrogens is 2. The van der Waals surface area contributed by atoms with Crippen LogP contribution in [0.4, 0.5) is 11.8 Å². The van der Waals surface area contributed by atoms with Gasteiger partial charge in [-0.2, -0.15) is 4.98 Å². The van der Waals surface area contributed by atoms with Crippen LogP contribution in [0.2, 0.25) is 5.02 Å². The lowest BCUT2D eigenvalue weighted by molar-refractivity contribution is -0.0727. The van der Waals surface area contributed by atoms with Gasteiger partial charge in [-0.1, -0.05) is 18.0 Å². The van der Waals surface area contributed by atoms with Gasteiger partial charge in [0.15, 0.2) is 5.82 Å². The Kier molecular flexibility index (Phi) is 4.07. The zero-order chi connectivity index (χ0) is 16.0. The lowest BCUT2D eigenvalue weighted by Gasteiger charge is -2.53. The number of fused-ring (bicyclic) bond motifs is 1. The predicted octanol–water partition coefficient (Wildman–Crippen LogP) is 2.07. The Bertz CT molecular complexity index is 592. The predicted molar refractivity (Wildman–Crippen MR) is 90.7 cm³/mol. The second-order valence-corrected chi connectivity index (χ2v) is 7.25. The van der Waals surface area contributed by atoms with Crippen molar-refractivity contribution in [2.24, 2.45) is 5.92 Å². The number of anilines is 2. The lowest BCUT2D eigenvalue weighted by atomic mass is 9.70. The first-order valence-electron chi connectivity index (χ1n) is 8.57. The van der Waals surface area contributed by atoms with Crippen molar-refractivity contribution in [2.45, 2.75) is 50.8 Å². The van der Waals surface area contributed by atoms with Crippen LogP contribution < -0.4 is 11.1 Å². The van der Waals surface area contributed by atoms with Crippen LogP contribution in [0.25, 0.3) is 0 Å². The summed E-state index contributed by atoms with van der Waals surface area (Å²) in [4.78, 5) is 11.0. The number of nitrogen functional groups attached to an aromatic ring is 1. The van der Waals surface area contributed by atoms with E-state index in [0.717, 1.165) is 31.8 Å². The molecule has 1 saturated carbocycles. The summed E-state index contributed by atoms with van der Waals surface area (Å²) < 4.78 is 5.99. The summed E-state index contributed by atoms with van der Waals surface area (Å²) >= 11 is 6.38. The van der Waals surface area contributed by atoms with Crippen molar-refractivity contribution in [3.8, 4) is 0 Å². The van der Waals surface area contributed by atoms with Crippen molar-refractivity contribution >= 4 is 23.4 Å². The highest BCUT2D eigenvalue weighted by atomic mass is 35.5. The second-order valence-electron chi connectivity index (χ2n) is 6.88. The highest BCUT2D eigenvalue weighted by molar-refractivity contribution is 6.33. The molecule has 23 heavy (non-hydrogen) atoms. The van der Waals surface area contributed by atoms with Gasteiger partial charge in [0.25, 0.3) is 0 Å². The summed E-state index contributed by atoms with van der Waals surface area (Å²) in [7, 11) is 0. The average molecular weight is 338 g/mol. The molecule has 4 rings (SSSR count). The van der Waals surface area contributed by atoms with Crippen molar-refractivity contribution in [2.75, 3.05) is 30.7 Å². The normalized spacial score (nSPS) is 34.0. The molecule has 1 aliphatic carbocycles. The van der Waals surface area contributed by atoms with Gasteiger partial charge in [-0.15, -0.1) is 0 Å². The fourth-order valence-electron chi connectivity index (χ4n) is 4.35. The quantitative estimate of drug-likeness (QED) is 0.879. The molecule has 2 aliphatic heterocycles. The number of halogens is 1. The number of hydrogen-bond donors (Lipinski definition) is 2. The Morgan fingerprint density at radius 3 is 2.83 bits per heavy atom. The van der Waals surface area contributed by atoms with E-state index in [-0.39, 0.29) is 5.95 Å². The van der Waals surface area contributed by atoms with Crippen molar-refractivity contribution in [3.05, 3.63) is 10.7 Å². The molecule has 0 unspecified atom stereocenters. The molecule has 4 atom stereocenters. The summed E-state index contributed by atoms with van der Waals surface area (Å²) in [6.45, 7) is 5.04. The molecule has 1 aromatic heterocycles. The van der Waals surface area contributed by atoms with Crippen LogP contribution >= 0.6 is 11.6 Å². The van der Waals surface area contributed by atoms with Gasteiger partial charge in [0, 0.05) is 12.5 Å². The van der Waals surface area contributed by atoms with Gasteiger partial charge in [-0.3, -0.25) is 4.90 Å². The number of ether oxygens (including phenoxy) is 1. The van der Waals surface area contributed by atoms with Gasteiger partial charge in [-0.25, -0.2) is 4.98 Å². The molecular weight excluding hydrogens is 314 g/mol. The van der Waals surface area contributed by atoms with E-state index in [9.17, 15) is 0 Å². The molecule has 6 nitrogen and oxygen atoms in total. The van der Waals surface area contributed by atoms with Gasteiger partial charge in [0.2, 0.25) is 5.95 Å². The standard InChI is InChI=1S/C16H24ClN5O/c1-9-11(17)15(21-16(18)19-9)20-12-10-5-8-23-14(10)13(12)22-6-3-2-4-7-22/h10,12-14H,2-8H2,1H3,(H3,18,19,20,21)/t10-,12+,13-,14-/m1/s1. The van der Waals surface area contributed by atoms with Crippen molar-refractivity contribution < 1.29 is 4.74 Å². The Labute approximate surface area is 141 Å². The van der Waals surface area contributed by atoms with E-state index < -0.39 is 0 Å². The molecule has 7 heteroatoms. The number of hydrogen-bond acceptors (Lipinski definition) is 6. The summed E-state index contributed by atoms with van der Waals surface area (Å²) in [6, 6.07) is 0.738. The van der Waals surface area contributed by atoms with Crippen LogP contribution in [0.15, 0.2) is 0 Å². The van der Waals surface area contributed by atoms with Gasteiger partial charge in [-0.05, 0) is 39.3 Å². The number of aryl methyl sites for hydroxylation is 1. The SMILES string of the molecule is Cc1nc(N)nc(N[C@H]2[C@H]3CCO[C@H]3[C@@H]2N2CCCCC2)c1Cl. The molecule has 3 fully saturated rings. The van der Waals surface area contributed by atoms with Crippen LogP contribution in [-0.2, 0) is 4.74 Å². The molecule has 0 spiro atoms. The number of nitrogens with two attached hydrogens (primary N) is 1. The Balaban J connectivity index is 1.56. The molecular formula is C16H24ClN5O. The molecule has 3 N–H and O–H groups in total. The summed E-state index contributed by atoms with van der Waals surface area (Å²) in [5.41, 5.74) is 6.51. The van der Waals surface area contributed by atoms with Crippen molar-refractivity contribution in [1.29, 1.82) is 0 Å².